The Hall–Kier alpha value is -1.26. The Bertz CT molecular complexity index is 446. The van der Waals surface area contributed by atoms with Crippen LogP contribution in [0.1, 0.15) is 19.4 Å². The average molecular weight is 264 g/mol. The number of anilines is 1. The van der Waals surface area contributed by atoms with Crippen LogP contribution in [0.4, 0.5) is 5.69 Å². The molecule has 2 N–H and O–H groups in total. The summed E-state index contributed by atoms with van der Waals surface area (Å²) >= 11 is 0. The van der Waals surface area contributed by atoms with Crippen molar-refractivity contribution in [1.82, 2.24) is 5.32 Å². The van der Waals surface area contributed by atoms with Gasteiger partial charge in [-0.15, -0.1) is 0 Å². The molecule has 0 bridgehead atoms. The van der Waals surface area contributed by atoms with Crippen molar-refractivity contribution < 1.29 is 9.84 Å². The zero-order valence-electron chi connectivity index (χ0n) is 12.2. The Labute approximate surface area is 115 Å². The number of hydrogen-bond donors (Lipinski definition) is 2. The highest BCUT2D eigenvalue weighted by atomic mass is 16.5. The molecule has 1 fully saturated rings. The second-order valence-electron chi connectivity index (χ2n) is 5.86. The third-order valence-electron chi connectivity index (χ3n) is 3.80. The molecule has 1 unspecified atom stereocenters. The highest BCUT2D eigenvalue weighted by molar-refractivity contribution is 5.62. The topological polar surface area (TPSA) is 44.7 Å². The number of aliphatic hydroxyl groups is 1. The molecule has 2 rings (SSSR count). The fourth-order valence-electron chi connectivity index (χ4n) is 2.58. The lowest BCUT2D eigenvalue weighted by atomic mass is 9.96. The molecule has 1 heterocycles. The van der Waals surface area contributed by atoms with E-state index in [1.165, 1.54) is 5.56 Å². The van der Waals surface area contributed by atoms with Gasteiger partial charge in [-0.05, 0) is 38.5 Å². The van der Waals surface area contributed by atoms with Gasteiger partial charge < -0.3 is 20.1 Å². The highest BCUT2D eigenvalue weighted by Crippen LogP contribution is 2.35. The zero-order chi connectivity index (χ0) is 14.0. The van der Waals surface area contributed by atoms with Crippen molar-refractivity contribution in [1.29, 1.82) is 0 Å². The van der Waals surface area contributed by atoms with E-state index in [1.54, 1.807) is 7.11 Å². The summed E-state index contributed by atoms with van der Waals surface area (Å²) in [6, 6.07) is 6.33. The van der Waals surface area contributed by atoms with Gasteiger partial charge in [0.25, 0.3) is 0 Å². The lowest BCUT2D eigenvalue weighted by Crippen LogP contribution is -2.63. The van der Waals surface area contributed by atoms with Crippen molar-refractivity contribution in [2.75, 3.05) is 31.7 Å². The summed E-state index contributed by atoms with van der Waals surface area (Å²) in [7, 11) is 1.70. The van der Waals surface area contributed by atoms with Crippen molar-refractivity contribution in [2.24, 2.45) is 0 Å². The van der Waals surface area contributed by atoms with Crippen LogP contribution in [-0.2, 0) is 0 Å². The summed E-state index contributed by atoms with van der Waals surface area (Å²) in [4.78, 5) is 2.33. The van der Waals surface area contributed by atoms with Gasteiger partial charge in [-0.1, -0.05) is 6.07 Å². The van der Waals surface area contributed by atoms with Gasteiger partial charge in [0.1, 0.15) is 5.75 Å². The van der Waals surface area contributed by atoms with Crippen LogP contribution < -0.4 is 15.0 Å². The van der Waals surface area contributed by atoms with Gasteiger partial charge in [-0.3, -0.25) is 0 Å². The zero-order valence-corrected chi connectivity index (χ0v) is 12.2. The summed E-state index contributed by atoms with van der Waals surface area (Å²) < 4.78 is 5.49. The molecule has 1 aromatic rings. The maximum atomic E-state index is 9.39. The molecule has 1 saturated heterocycles. The first-order valence-corrected chi connectivity index (χ1v) is 6.74. The fraction of sp³-hybridized carbons (Fsp3) is 0.600. The van der Waals surface area contributed by atoms with Crippen LogP contribution in [0.15, 0.2) is 18.2 Å². The SMILES string of the molecule is COc1ccc(C)cc1N1CC(CO)NCC1(C)C. The van der Waals surface area contributed by atoms with Gasteiger partial charge in [0.15, 0.2) is 0 Å². The smallest absolute Gasteiger partial charge is 0.142 e. The van der Waals surface area contributed by atoms with Crippen LogP contribution in [0.2, 0.25) is 0 Å². The molecule has 1 aromatic carbocycles. The monoisotopic (exact) mass is 264 g/mol. The van der Waals surface area contributed by atoms with Crippen LogP contribution in [0, 0.1) is 6.92 Å². The van der Waals surface area contributed by atoms with E-state index in [0.29, 0.717) is 0 Å². The van der Waals surface area contributed by atoms with E-state index in [2.05, 4.69) is 43.1 Å². The van der Waals surface area contributed by atoms with Gasteiger partial charge in [0, 0.05) is 24.7 Å². The molecule has 4 heteroatoms. The lowest BCUT2D eigenvalue weighted by Gasteiger charge is -2.47. The number of nitrogens with one attached hydrogen (secondary N) is 1. The molecule has 0 saturated carbocycles. The average Bonchev–Trinajstić information content (AvgIpc) is 2.38. The van der Waals surface area contributed by atoms with Gasteiger partial charge in [0.05, 0.1) is 19.4 Å². The molecular weight excluding hydrogens is 240 g/mol. The maximum Gasteiger partial charge on any atom is 0.142 e. The van der Waals surface area contributed by atoms with Crippen molar-refractivity contribution in [3.8, 4) is 5.75 Å². The Morgan fingerprint density at radius 1 is 1.47 bits per heavy atom. The fourth-order valence-corrected chi connectivity index (χ4v) is 2.58. The summed E-state index contributed by atoms with van der Waals surface area (Å²) in [5.41, 5.74) is 2.31. The van der Waals surface area contributed by atoms with Crippen LogP contribution in [0.5, 0.6) is 5.75 Å². The van der Waals surface area contributed by atoms with E-state index < -0.39 is 0 Å². The molecule has 0 aromatic heterocycles. The Kier molecular flexibility index (Phi) is 4.02. The van der Waals surface area contributed by atoms with Gasteiger partial charge >= 0.3 is 0 Å². The number of aliphatic hydroxyl groups excluding tert-OH is 1. The summed E-state index contributed by atoms with van der Waals surface area (Å²) in [6.45, 7) is 8.27. The van der Waals surface area contributed by atoms with Crippen LogP contribution in [0.3, 0.4) is 0 Å². The van der Waals surface area contributed by atoms with Crippen LogP contribution in [-0.4, -0.2) is 43.5 Å². The Morgan fingerprint density at radius 2 is 2.21 bits per heavy atom. The van der Waals surface area contributed by atoms with E-state index in [1.807, 2.05) is 6.07 Å². The Balaban J connectivity index is 2.39. The molecule has 4 nitrogen and oxygen atoms in total. The molecule has 106 valence electrons. The number of rotatable bonds is 3. The van der Waals surface area contributed by atoms with Crippen molar-refractivity contribution in [3.05, 3.63) is 23.8 Å². The predicted molar refractivity (Wildman–Crippen MR) is 78.0 cm³/mol. The van der Waals surface area contributed by atoms with Gasteiger partial charge in [-0.25, -0.2) is 0 Å². The van der Waals surface area contributed by atoms with E-state index in [0.717, 1.165) is 24.5 Å². The quantitative estimate of drug-likeness (QED) is 0.869. The van der Waals surface area contributed by atoms with Gasteiger partial charge in [-0.2, -0.15) is 0 Å². The summed E-state index contributed by atoms with van der Waals surface area (Å²) in [5, 5.41) is 12.8. The standard InChI is InChI=1S/C15H24N2O2/c1-11-5-6-14(19-4)13(7-11)17-8-12(9-18)16-10-15(17,2)3/h5-7,12,16,18H,8-10H2,1-4H3. The lowest BCUT2D eigenvalue weighted by molar-refractivity contribution is 0.209. The normalized spacial score (nSPS) is 22.4. The first kappa shape index (κ1) is 14.2. The number of piperazine rings is 1. The first-order valence-electron chi connectivity index (χ1n) is 6.74. The molecule has 1 atom stereocenters. The number of methoxy groups -OCH3 is 1. The molecule has 0 aliphatic carbocycles. The van der Waals surface area contributed by atoms with E-state index in [-0.39, 0.29) is 18.2 Å². The molecule has 0 radical (unpaired) electrons. The number of ether oxygens (including phenoxy) is 1. The molecule has 1 aliphatic rings. The third-order valence-corrected chi connectivity index (χ3v) is 3.80. The molecular formula is C15H24N2O2. The van der Waals surface area contributed by atoms with Gasteiger partial charge in [0.2, 0.25) is 0 Å². The second kappa shape index (κ2) is 5.39. The van der Waals surface area contributed by atoms with Crippen LogP contribution in [0.25, 0.3) is 0 Å². The van der Waals surface area contributed by atoms with Crippen molar-refractivity contribution in [2.45, 2.75) is 32.4 Å². The minimum atomic E-state index is -0.00720. The summed E-state index contributed by atoms with van der Waals surface area (Å²) in [5.74, 6) is 0.886. The molecule has 1 aliphatic heterocycles. The molecule has 19 heavy (non-hydrogen) atoms. The number of benzene rings is 1. The van der Waals surface area contributed by atoms with E-state index in [4.69, 9.17) is 4.74 Å². The molecule has 0 spiro atoms. The third kappa shape index (κ3) is 2.85. The minimum Gasteiger partial charge on any atom is -0.495 e. The molecule has 0 amide bonds. The van der Waals surface area contributed by atoms with Crippen molar-refractivity contribution >= 4 is 5.69 Å². The van der Waals surface area contributed by atoms with Crippen LogP contribution >= 0.6 is 0 Å². The Morgan fingerprint density at radius 3 is 2.84 bits per heavy atom. The van der Waals surface area contributed by atoms with E-state index >= 15 is 0 Å². The number of aryl methyl sites for hydroxylation is 1. The second-order valence-corrected chi connectivity index (χ2v) is 5.86. The first-order chi connectivity index (χ1) is 8.97. The number of hydrogen-bond acceptors (Lipinski definition) is 4. The largest absolute Gasteiger partial charge is 0.495 e. The number of nitrogens with zero attached hydrogens (tertiary/aromatic N) is 1. The minimum absolute atomic E-state index is 0.00720. The summed E-state index contributed by atoms with van der Waals surface area (Å²) in [6.07, 6.45) is 0. The maximum absolute atomic E-state index is 9.39. The highest BCUT2D eigenvalue weighted by Gasteiger charge is 2.35. The van der Waals surface area contributed by atoms with E-state index in [9.17, 15) is 5.11 Å². The predicted octanol–water partition coefficient (Wildman–Crippen LogP) is 1.55. The van der Waals surface area contributed by atoms with Crippen molar-refractivity contribution in [3.63, 3.8) is 0 Å².